The Morgan fingerprint density at radius 2 is 2.26 bits per heavy atom. The van der Waals surface area contributed by atoms with Crippen LogP contribution in [0.5, 0.6) is 0 Å². The summed E-state index contributed by atoms with van der Waals surface area (Å²) in [7, 11) is 0. The summed E-state index contributed by atoms with van der Waals surface area (Å²) in [5, 5.41) is 7.31. The van der Waals surface area contributed by atoms with Crippen LogP contribution in [0.4, 0.5) is 0 Å². The number of fused-ring (bicyclic) bond motifs is 1. The van der Waals surface area contributed by atoms with Crippen molar-refractivity contribution in [3.8, 4) is 0 Å². The number of rotatable bonds is 4. The van der Waals surface area contributed by atoms with Crippen LogP contribution in [0.1, 0.15) is 28.0 Å². The van der Waals surface area contributed by atoms with Crippen LogP contribution in [0.2, 0.25) is 5.02 Å². The highest BCUT2D eigenvalue weighted by atomic mass is 35.5. The summed E-state index contributed by atoms with van der Waals surface area (Å²) in [6, 6.07) is 1.41. The topological polar surface area (TPSA) is 81.3 Å². The molecule has 0 spiro atoms. The summed E-state index contributed by atoms with van der Waals surface area (Å²) < 4.78 is 2.95. The molecule has 0 aliphatic heterocycles. The molecule has 7 nitrogen and oxygen atoms in total. The normalized spacial score (nSPS) is 11.1. The van der Waals surface area contributed by atoms with E-state index in [-0.39, 0.29) is 11.5 Å². The Morgan fingerprint density at radius 1 is 1.48 bits per heavy atom. The van der Waals surface area contributed by atoms with Crippen molar-refractivity contribution in [2.45, 2.75) is 20.4 Å². The zero-order chi connectivity index (χ0) is 16.6. The van der Waals surface area contributed by atoms with Crippen LogP contribution in [0.25, 0.3) is 4.96 Å². The number of aryl methyl sites for hydroxylation is 1. The molecule has 3 aromatic rings. The molecule has 23 heavy (non-hydrogen) atoms. The number of hydrogen-bond donors (Lipinski definition) is 1. The van der Waals surface area contributed by atoms with Gasteiger partial charge in [0.1, 0.15) is 5.69 Å². The number of nitrogens with zero attached hydrogens (tertiary/aromatic N) is 4. The molecular formula is C14H14ClN5O2S. The van der Waals surface area contributed by atoms with Crippen LogP contribution in [0.3, 0.4) is 0 Å². The quantitative estimate of drug-likeness (QED) is 0.776. The Bertz CT molecular complexity index is 942. The third-order valence-corrected chi connectivity index (χ3v) is 4.37. The Labute approximate surface area is 140 Å². The van der Waals surface area contributed by atoms with Gasteiger partial charge >= 0.3 is 0 Å². The van der Waals surface area contributed by atoms with Crippen LogP contribution < -0.4 is 10.9 Å². The van der Waals surface area contributed by atoms with E-state index in [4.69, 9.17) is 11.6 Å². The molecule has 0 bridgehead atoms. The molecule has 9 heteroatoms. The standard InChI is InChI=1S/C14H14ClN5O2S/c1-3-16-13(22)12-8(2)23-14-18-10(4-11(21)20(12)14)7-19-6-9(15)5-17-19/h4-6H,3,7H2,1-2H3,(H,16,22). The maximum Gasteiger partial charge on any atom is 0.269 e. The summed E-state index contributed by atoms with van der Waals surface area (Å²) in [6.45, 7) is 4.47. The van der Waals surface area contributed by atoms with Crippen molar-refractivity contribution in [2.75, 3.05) is 6.54 Å². The molecule has 3 heterocycles. The number of carbonyl (C=O) groups excluding carboxylic acids is 1. The van der Waals surface area contributed by atoms with Gasteiger partial charge in [0.25, 0.3) is 11.5 Å². The SMILES string of the molecule is CCNC(=O)c1c(C)sc2nc(Cn3cc(Cl)cn3)cc(=O)n12. The molecule has 0 saturated carbocycles. The van der Waals surface area contributed by atoms with Crippen molar-refractivity contribution in [3.05, 3.63) is 50.1 Å². The summed E-state index contributed by atoms with van der Waals surface area (Å²) >= 11 is 7.14. The first-order valence-electron chi connectivity index (χ1n) is 6.98. The van der Waals surface area contributed by atoms with Gasteiger partial charge < -0.3 is 5.32 Å². The molecule has 3 aromatic heterocycles. The van der Waals surface area contributed by atoms with Crippen molar-refractivity contribution >= 4 is 33.8 Å². The number of carbonyl (C=O) groups is 1. The molecule has 0 radical (unpaired) electrons. The molecule has 0 unspecified atom stereocenters. The summed E-state index contributed by atoms with van der Waals surface area (Å²) in [5.74, 6) is -0.272. The van der Waals surface area contributed by atoms with Gasteiger partial charge in [0.2, 0.25) is 0 Å². The Hall–Kier alpha value is -2.19. The number of halogens is 1. The Balaban J connectivity index is 2.06. The second-order valence-corrected chi connectivity index (χ2v) is 6.54. The molecule has 120 valence electrons. The van der Waals surface area contributed by atoms with Crippen LogP contribution in [-0.4, -0.2) is 31.6 Å². The Kier molecular flexibility index (Phi) is 4.18. The van der Waals surface area contributed by atoms with Crippen molar-refractivity contribution in [2.24, 2.45) is 0 Å². The second kappa shape index (κ2) is 6.13. The van der Waals surface area contributed by atoms with E-state index in [1.54, 1.807) is 17.8 Å². The van der Waals surface area contributed by atoms with E-state index >= 15 is 0 Å². The minimum absolute atomic E-state index is 0.272. The number of thiazole rings is 1. The molecule has 1 amide bonds. The average Bonchev–Trinajstić information content (AvgIpc) is 3.02. The number of amides is 1. The lowest BCUT2D eigenvalue weighted by Gasteiger charge is -2.04. The Morgan fingerprint density at radius 3 is 2.91 bits per heavy atom. The molecule has 0 aliphatic carbocycles. The van der Waals surface area contributed by atoms with Crippen molar-refractivity contribution in [1.29, 1.82) is 0 Å². The van der Waals surface area contributed by atoms with E-state index in [1.165, 1.54) is 28.0 Å². The van der Waals surface area contributed by atoms with E-state index in [2.05, 4.69) is 15.4 Å². The lowest BCUT2D eigenvalue weighted by molar-refractivity contribution is 0.0949. The lowest BCUT2D eigenvalue weighted by Crippen LogP contribution is -2.28. The first-order chi connectivity index (χ1) is 11.0. The van der Waals surface area contributed by atoms with Gasteiger partial charge in [0.05, 0.1) is 23.5 Å². The minimum atomic E-state index is -0.283. The second-order valence-electron chi connectivity index (χ2n) is 4.93. The largest absolute Gasteiger partial charge is 0.351 e. The number of aromatic nitrogens is 4. The molecule has 0 saturated heterocycles. The van der Waals surface area contributed by atoms with E-state index in [0.717, 1.165) is 4.88 Å². The first-order valence-corrected chi connectivity index (χ1v) is 8.17. The zero-order valence-corrected chi connectivity index (χ0v) is 14.1. The number of nitrogens with one attached hydrogen (secondary N) is 1. The maximum absolute atomic E-state index is 12.4. The van der Waals surface area contributed by atoms with Gasteiger partial charge in [-0.05, 0) is 13.8 Å². The van der Waals surface area contributed by atoms with Gasteiger partial charge in [-0.2, -0.15) is 5.10 Å². The lowest BCUT2D eigenvalue weighted by atomic mass is 10.3. The van der Waals surface area contributed by atoms with Gasteiger partial charge in [-0.25, -0.2) is 9.38 Å². The van der Waals surface area contributed by atoms with Crippen LogP contribution in [-0.2, 0) is 6.54 Å². The number of hydrogen-bond acceptors (Lipinski definition) is 5. The van der Waals surface area contributed by atoms with Gasteiger partial charge in [0.15, 0.2) is 4.96 Å². The van der Waals surface area contributed by atoms with Crippen molar-refractivity contribution in [1.82, 2.24) is 24.5 Å². The molecular weight excluding hydrogens is 338 g/mol. The molecule has 1 N–H and O–H groups in total. The molecule has 0 atom stereocenters. The highest BCUT2D eigenvalue weighted by Gasteiger charge is 2.18. The highest BCUT2D eigenvalue weighted by molar-refractivity contribution is 7.17. The van der Waals surface area contributed by atoms with Gasteiger partial charge in [-0.1, -0.05) is 11.6 Å². The summed E-state index contributed by atoms with van der Waals surface area (Å²) in [6.07, 6.45) is 3.18. The van der Waals surface area contributed by atoms with Crippen LogP contribution in [0, 0.1) is 6.92 Å². The van der Waals surface area contributed by atoms with E-state index in [1.807, 2.05) is 6.92 Å². The third kappa shape index (κ3) is 2.99. The summed E-state index contributed by atoms with van der Waals surface area (Å²) in [5.41, 5.74) is 0.630. The fourth-order valence-corrected chi connectivity index (χ4v) is 3.45. The van der Waals surface area contributed by atoms with E-state index < -0.39 is 0 Å². The molecule has 3 rings (SSSR count). The maximum atomic E-state index is 12.4. The fourth-order valence-electron chi connectivity index (χ4n) is 2.30. The van der Waals surface area contributed by atoms with Crippen molar-refractivity contribution < 1.29 is 4.79 Å². The molecule has 0 aliphatic rings. The monoisotopic (exact) mass is 351 g/mol. The van der Waals surface area contributed by atoms with Gasteiger partial charge in [-0.15, -0.1) is 11.3 Å². The first kappa shape index (κ1) is 15.7. The minimum Gasteiger partial charge on any atom is -0.351 e. The van der Waals surface area contributed by atoms with Crippen LogP contribution >= 0.6 is 22.9 Å². The molecule has 0 aromatic carbocycles. The third-order valence-electron chi connectivity index (χ3n) is 3.22. The fraction of sp³-hybridized carbons (Fsp3) is 0.286. The van der Waals surface area contributed by atoms with E-state index in [0.29, 0.717) is 34.5 Å². The van der Waals surface area contributed by atoms with Gasteiger partial charge in [-0.3, -0.25) is 14.3 Å². The zero-order valence-electron chi connectivity index (χ0n) is 12.5. The highest BCUT2D eigenvalue weighted by Crippen LogP contribution is 2.20. The predicted molar refractivity (Wildman–Crippen MR) is 88.4 cm³/mol. The van der Waals surface area contributed by atoms with Crippen LogP contribution in [0.15, 0.2) is 23.3 Å². The molecule has 0 fully saturated rings. The predicted octanol–water partition coefficient (Wildman–Crippen LogP) is 1.71. The van der Waals surface area contributed by atoms with E-state index in [9.17, 15) is 9.59 Å². The summed E-state index contributed by atoms with van der Waals surface area (Å²) in [4.78, 5) is 30.3. The van der Waals surface area contributed by atoms with Gasteiger partial charge in [0, 0.05) is 23.7 Å². The smallest absolute Gasteiger partial charge is 0.269 e. The van der Waals surface area contributed by atoms with Crippen molar-refractivity contribution in [3.63, 3.8) is 0 Å². The average molecular weight is 352 g/mol.